The number of fused-ring (bicyclic) bond motifs is 3. The van der Waals surface area contributed by atoms with Gasteiger partial charge in [-0.25, -0.2) is 14.6 Å². The van der Waals surface area contributed by atoms with Crippen molar-refractivity contribution in [3.8, 4) is 11.1 Å². The summed E-state index contributed by atoms with van der Waals surface area (Å²) < 4.78 is 10.7. The molecule has 1 aliphatic carbocycles. The molecule has 4 rings (SSSR count). The Labute approximate surface area is 206 Å². The number of ether oxygens (including phenoxy) is 2. The van der Waals surface area contributed by atoms with Crippen molar-refractivity contribution in [3.05, 3.63) is 75.2 Å². The number of carbonyl (C=O) groups excluding carboxylic acids is 2. The fourth-order valence-electron chi connectivity index (χ4n) is 3.99. The van der Waals surface area contributed by atoms with Gasteiger partial charge >= 0.3 is 12.1 Å². The zero-order valence-corrected chi connectivity index (χ0v) is 19.9. The fourth-order valence-corrected chi connectivity index (χ4v) is 4.85. The van der Waals surface area contributed by atoms with E-state index < -0.39 is 12.1 Å². The van der Waals surface area contributed by atoms with Gasteiger partial charge in [0.15, 0.2) is 5.69 Å². The van der Waals surface area contributed by atoms with Crippen LogP contribution in [0.15, 0.2) is 48.5 Å². The van der Waals surface area contributed by atoms with Gasteiger partial charge < -0.3 is 25.2 Å². The van der Waals surface area contributed by atoms with Crippen LogP contribution < -0.4 is 10.6 Å². The molecule has 3 N–H and O–H groups in total. The van der Waals surface area contributed by atoms with Crippen LogP contribution >= 0.6 is 11.3 Å². The van der Waals surface area contributed by atoms with Crippen LogP contribution in [-0.4, -0.2) is 54.4 Å². The maximum Gasteiger partial charge on any atom is 0.407 e. The molecule has 0 aliphatic heterocycles. The van der Waals surface area contributed by atoms with E-state index >= 15 is 0 Å². The first-order chi connectivity index (χ1) is 16.9. The van der Waals surface area contributed by atoms with Gasteiger partial charge in [-0.15, -0.1) is 11.3 Å². The monoisotopic (exact) mass is 495 g/mol. The molecule has 0 fully saturated rings. The third kappa shape index (κ3) is 5.84. The molecule has 35 heavy (non-hydrogen) atoms. The molecule has 0 saturated heterocycles. The Morgan fingerprint density at radius 3 is 2.31 bits per heavy atom. The molecule has 2 amide bonds. The van der Waals surface area contributed by atoms with Crippen molar-refractivity contribution < 1.29 is 29.0 Å². The number of aromatic nitrogens is 1. The summed E-state index contributed by atoms with van der Waals surface area (Å²) in [6.45, 7) is 2.15. The van der Waals surface area contributed by atoms with Gasteiger partial charge in [-0.05, 0) is 29.2 Å². The standard InChI is InChI=1S/C25H25N3O6S/c1-15-23(24(30)31)28-22(35-15)12-27-21(29)14-33-11-10-26-25(32)34-13-20-18-8-4-2-6-16(18)17-7-3-5-9-19(17)20/h2-9,20H,10-14H2,1H3,(H,26,32)(H,27,29)(H,30,31). The van der Waals surface area contributed by atoms with Gasteiger partial charge in [0.25, 0.3) is 0 Å². The molecular formula is C25H25N3O6S. The molecule has 182 valence electrons. The van der Waals surface area contributed by atoms with Crippen LogP contribution in [-0.2, 0) is 20.8 Å². The Hall–Kier alpha value is -3.76. The second-order valence-electron chi connectivity index (χ2n) is 7.90. The topological polar surface area (TPSA) is 127 Å². The number of rotatable bonds is 10. The molecule has 0 bridgehead atoms. The second kappa shape index (κ2) is 11.1. The van der Waals surface area contributed by atoms with Crippen molar-refractivity contribution in [2.24, 2.45) is 0 Å². The number of thiazole rings is 1. The lowest BCUT2D eigenvalue weighted by molar-refractivity contribution is -0.125. The molecule has 1 aromatic heterocycles. The molecule has 0 radical (unpaired) electrons. The Morgan fingerprint density at radius 1 is 1.03 bits per heavy atom. The first-order valence-electron chi connectivity index (χ1n) is 11.1. The number of alkyl carbamates (subject to hydrolysis) is 1. The number of nitrogens with zero attached hydrogens (tertiary/aromatic N) is 1. The molecule has 1 aliphatic rings. The molecule has 0 saturated carbocycles. The number of carbonyl (C=O) groups is 3. The number of nitrogens with one attached hydrogen (secondary N) is 2. The van der Waals surface area contributed by atoms with Crippen LogP contribution in [0.2, 0.25) is 0 Å². The Morgan fingerprint density at radius 2 is 1.69 bits per heavy atom. The normalized spacial score (nSPS) is 12.0. The van der Waals surface area contributed by atoms with Gasteiger partial charge in [0.2, 0.25) is 5.91 Å². The maximum atomic E-state index is 12.1. The van der Waals surface area contributed by atoms with E-state index in [0.717, 1.165) is 22.3 Å². The Bertz CT molecular complexity index is 1200. The molecule has 9 nitrogen and oxygen atoms in total. The molecule has 3 aromatic rings. The van der Waals surface area contributed by atoms with Crippen LogP contribution in [0.4, 0.5) is 4.79 Å². The molecule has 2 aromatic carbocycles. The summed E-state index contributed by atoms with van der Waals surface area (Å²) in [6.07, 6.45) is -0.548. The Kier molecular flexibility index (Phi) is 7.74. The second-order valence-corrected chi connectivity index (χ2v) is 9.19. The summed E-state index contributed by atoms with van der Waals surface area (Å²) in [5.41, 5.74) is 4.60. The summed E-state index contributed by atoms with van der Waals surface area (Å²) >= 11 is 1.22. The summed E-state index contributed by atoms with van der Waals surface area (Å²) in [5, 5.41) is 14.8. The third-order valence-electron chi connectivity index (χ3n) is 5.57. The van der Waals surface area contributed by atoms with Crippen molar-refractivity contribution >= 4 is 29.3 Å². The van der Waals surface area contributed by atoms with Gasteiger partial charge in [0.1, 0.15) is 18.2 Å². The van der Waals surface area contributed by atoms with Crippen LogP contribution in [0.1, 0.15) is 37.4 Å². The highest BCUT2D eigenvalue weighted by molar-refractivity contribution is 7.11. The number of hydrogen-bond donors (Lipinski definition) is 3. The SMILES string of the molecule is Cc1sc(CNC(=O)COCCNC(=O)OCC2c3ccccc3-c3ccccc32)nc1C(=O)O. The Balaban J connectivity index is 1.14. The number of carboxylic acids is 1. The summed E-state index contributed by atoms with van der Waals surface area (Å²) in [5.74, 6) is -1.47. The zero-order chi connectivity index (χ0) is 24.8. The van der Waals surface area contributed by atoms with Crippen molar-refractivity contribution in [3.63, 3.8) is 0 Å². The number of aromatic carboxylic acids is 1. The lowest BCUT2D eigenvalue weighted by atomic mass is 9.98. The van der Waals surface area contributed by atoms with Crippen molar-refractivity contribution in [1.82, 2.24) is 15.6 Å². The quantitative estimate of drug-likeness (QED) is 0.368. The van der Waals surface area contributed by atoms with Crippen LogP contribution in [0.25, 0.3) is 11.1 Å². The lowest BCUT2D eigenvalue weighted by Crippen LogP contribution is -2.31. The lowest BCUT2D eigenvalue weighted by Gasteiger charge is -2.14. The van der Waals surface area contributed by atoms with Crippen LogP contribution in [0.3, 0.4) is 0 Å². The van der Waals surface area contributed by atoms with E-state index in [2.05, 4.69) is 39.9 Å². The maximum absolute atomic E-state index is 12.1. The van der Waals surface area contributed by atoms with Gasteiger partial charge in [0.05, 0.1) is 13.2 Å². The largest absolute Gasteiger partial charge is 0.476 e. The predicted octanol–water partition coefficient (Wildman–Crippen LogP) is 3.32. The fraction of sp³-hybridized carbons (Fsp3) is 0.280. The minimum atomic E-state index is -1.09. The van der Waals surface area contributed by atoms with Gasteiger partial charge in [-0.3, -0.25) is 4.79 Å². The number of carboxylic acid groups (broad SMARTS) is 1. The van der Waals surface area contributed by atoms with E-state index in [1.807, 2.05) is 24.3 Å². The number of benzene rings is 2. The third-order valence-corrected chi connectivity index (χ3v) is 6.54. The molecular weight excluding hydrogens is 470 g/mol. The van der Waals surface area contributed by atoms with Gasteiger partial charge in [-0.1, -0.05) is 48.5 Å². The minimum absolute atomic E-state index is 0.00481. The number of aryl methyl sites for hydroxylation is 1. The number of amides is 2. The van der Waals surface area contributed by atoms with E-state index in [0.29, 0.717) is 9.88 Å². The minimum Gasteiger partial charge on any atom is -0.476 e. The summed E-state index contributed by atoms with van der Waals surface area (Å²) in [4.78, 5) is 39.6. The van der Waals surface area contributed by atoms with Crippen LogP contribution in [0, 0.1) is 6.92 Å². The molecule has 0 spiro atoms. The molecule has 0 unspecified atom stereocenters. The first-order valence-corrected chi connectivity index (χ1v) is 11.9. The molecule has 1 heterocycles. The van der Waals surface area contributed by atoms with Crippen molar-refractivity contribution in [2.75, 3.05) is 26.4 Å². The number of hydrogen-bond acceptors (Lipinski definition) is 7. The highest BCUT2D eigenvalue weighted by Crippen LogP contribution is 2.44. The summed E-state index contributed by atoms with van der Waals surface area (Å²) in [6, 6.07) is 16.2. The van der Waals surface area contributed by atoms with E-state index in [4.69, 9.17) is 14.6 Å². The van der Waals surface area contributed by atoms with E-state index in [1.165, 1.54) is 11.3 Å². The predicted molar refractivity (Wildman–Crippen MR) is 130 cm³/mol. The first kappa shape index (κ1) is 24.4. The highest BCUT2D eigenvalue weighted by Gasteiger charge is 2.28. The average molecular weight is 496 g/mol. The van der Waals surface area contributed by atoms with Gasteiger partial charge in [0, 0.05) is 17.3 Å². The zero-order valence-electron chi connectivity index (χ0n) is 19.1. The molecule has 10 heteroatoms. The highest BCUT2D eigenvalue weighted by atomic mass is 32.1. The van der Waals surface area contributed by atoms with E-state index in [1.54, 1.807) is 6.92 Å². The smallest absolute Gasteiger partial charge is 0.407 e. The molecule has 0 atom stereocenters. The van der Waals surface area contributed by atoms with E-state index in [-0.39, 0.29) is 50.4 Å². The van der Waals surface area contributed by atoms with Crippen LogP contribution in [0.5, 0.6) is 0 Å². The summed E-state index contributed by atoms with van der Waals surface area (Å²) in [7, 11) is 0. The van der Waals surface area contributed by atoms with Gasteiger partial charge in [-0.2, -0.15) is 0 Å². The van der Waals surface area contributed by atoms with Crippen molar-refractivity contribution in [1.29, 1.82) is 0 Å². The van der Waals surface area contributed by atoms with E-state index in [9.17, 15) is 14.4 Å². The average Bonchev–Trinajstić information content (AvgIpc) is 3.39. The van der Waals surface area contributed by atoms with Crippen molar-refractivity contribution in [2.45, 2.75) is 19.4 Å².